The summed E-state index contributed by atoms with van der Waals surface area (Å²) in [4.78, 5) is 29.2. The van der Waals surface area contributed by atoms with Gasteiger partial charge in [-0.05, 0) is 61.8 Å². The summed E-state index contributed by atoms with van der Waals surface area (Å²) in [6.07, 6.45) is 5.08. The molecule has 0 saturated carbocycles. The Morgan fingerprint density at radius 2 is 1.56 bits per heavy atom. The van der Waals surface area contributed by atoms with Crippen molar-refractivity contribution in [3.05, 3.63) is 65.5 Å². The molecular formula is C26H31FN2O3. The third-order valence-electron chi connectivity index (χ3n) is 6.50. The highest BCUT2D eigenvalue weighted by molar-refractivity contribution is 5.97. The molecule has 2 fully saturated rings. The molecule has 0 spiro atoms. The second kappa shape index (κ2) is 10.6. The Morgan fingerprint density at radius 3 is 2.31 bits per heavy atom. The summed E-state index contributed by atoms with van der Waals surface area (Å²) in [6.45, 7) is 3.45. The normalized spacial score (nSPS) is 17.3. The molecule has 170 valence electrons. The topological polar surface area (TPSA) is 49.9 Å². The zero-order chi connectivity index (χ0) is 22.3. The van der Waals surface area contributed by atoms with Crippen molar-refractivity contribution in [1.82, 2.24) is 9.80 Å². The number of carbonyl (C=O) groups excluding carboxylic acids is 2. The lowest BCUT2D eigenvalue weighted by molar-refractivity contribution is -0.132. The van der Waals surface area contributed by atoms with Crippen molar-refractivity contribution in [2.75, 3.05) is 32.8 Å². The van der Waals surface area contributed by atoms with E-state index in [-0.39, 0.29) is 24.1 Å². The zero-order valence-corrected chi connectivity index (χ0v) is 18.5. The van der Waals surface area contributed by atoms with Gasteiger partial charge in [0.25, 0.3) is 5.91 Å². The first-order valence-corrected chi connectivity index (χ1v) is 11.6. The van der Waals surface area contributed by atoms with Crippen LogP contribution in [0.15, 0.2) is 48.5 Å². The summed E-state index contributed by atoms with van der Waals surface area (Å²) in [6, 6.07) is 13.9. The number of hydrogen-bond donors (Lipinski definition) is 0. The van der Waals surface area contributed by atoms with E-state index < -0.39 is 0 Å². The van der Waals surface area contributed by atoms with Crippen LogP contribution in [0.3, 0.4) is 0 Å². The Hall–Kier alpha value is -2.89. The van der Waals surface area contributed by atoms with Crippen LogP contribution in [0, 0.1) is 11.7 Å². The van der Waals surface area contributed by atoms with E-state index in [0.717, 1.165) is 38.8 Å². The van der Waals surface area contributed by atoms with Gasteiger partial charge < -0.3 is 14.5 Å². The molecule has 32 heavy (non-hydrogen) atoms. The number of para-hydroxylation sites is 1. The van der Waals surface area contributed by atoms with Crippen molar-refractivity contribution in [2.24, 2.45) is 5.92 Å². The van der Waals surface area contributed by atoms with Gasteiger partial charge in [0, 0.05) is 26.2 Å². The number of ether oxygens (including phenoxy) is 1. The molecule has 0 aliphatic carbocycles. The van der Waals surface area contributed by atoms with E-state index in [1.165, 1.54) is 12.5 Å². The monoisotopic (exact) mass is 438 g/mol. The molecule has 4 rings (SSSR count). The van der Waals surface area contributed by atoms with E-state index >= 15 is 0 Å². The molecule has 0 aromatic heterocycles. The zero-order valence-electron chi connectivity index (χ0n) is 18.5. The van der Waals surface area contributed by atoms with Gasteiger partial charge in [0.05, 0.1) is 18.6 Å². The number of hydrogen-bond acceptors (Lipinski definition) is 3. The van der Waals surface area contributed by atoms with Crippen LogP contribution in [0.25, 0.3) is 0 Å². The van der Waals surface area contributed by atoms with Gasteiger partial charge >= 0.3 is 0 Å². The Bertz CT molecular complexity index is 934. The molecule has 6 heteroatoms. The first-order chi connectivity index (χ1) is 15.6. The lowest BCUT2D eigenvalue weighted by Gasteiger charge is -2.32. The molecule has 2 aromatic rings. The van der Waals surface area contributed by atoms with E-state index in [1.54, 1.807) is 18.2 Å². The fraction of sp³-hybridized carbons (Fsp3) is 0.462. The maximum atomic E-state index is 13.8. The third-order valence-corrected chi connectivity index (χ3v) is 6.50. The smallest absolute Gasteiger partial charge is 0.257 e. The molecule has 0 atom stereocenters. The van der Waals surface area contributed by atoms with Crippen molar-refractivity contribution >= 4 is 11.8 Å². The van der Waals surface area contributed by atoms with Crippen molar-refractivity contribution < 1.29 is 18.7 Å². The Labute approximate surface area is 189 Å². The quantitative estimate of drug-likeness (QED) is 0.675. The lowest BCUT2D eigenvalue weighted by atomic mass is 9.97. The molecule has 0 unspecified atom stereocenters. The first-order valence-electron chi connectivity index (χ1n) is 11.6. The third kappa shape index (κ3) is 5.47. The fourth-order valence-electron chi connectivity index (χ4n) is 4.51. The summed E-state index contributed by atoms with van der Waals surface area (Å²) in [5.41, 5.74) is 1.07. The molecule has 2 amide bonds. The molecule has 2 aliphatic rings. The molecule has 2 saturated heterocycles. The van der Waals surface area contributed by atoms with Gasteiger partial charge in [-0.15, -0.1) is 0 Å². The van der Waals surface area contributed by atoms with Crippen LogP contribution in [-0.2, 0) is 11.2 Å². The van der Waals surface area contributed by atoms with Crippen molar-refractivity contribution in [1.29, 1.82) is 0 Å². The van der Waals surface area contributed by atoms with Crippen LogP contribution in [0.4, 0.5) is 4.39 Å². The van der Waals surface area contributed by atoms with Crippen LogP contribution >= 0.6 is 0 Å². The molecule has 2 aromatic carbocycles. The van der Waals surface area contributed by atoms with Crippen LogP contribution < -0.4 is 4.74 Å². The molecule has 5 nitrogen and oxygen atoms in total. The average Bonchev–Trinajstić information content (AvgIpc) is 2.85. The minimum atomic E-state index is -0.332. The number of benzene rings is 2. The lowest BCUT2D eigenvalue weighted by Crippen LogP contribution is -2.40. The van der Waals surface area contributed by atoms with Gasteiger partial charge in [0.1, 0.15) is 11.6 Å². The summed E-state index contributed by atoms with van der Waals surface area (Å²) in [7, 11) is 0. The van der Waals surface area contributed by atoms with E-state index in [2.05, 4.69) is 0 Å². The van der Waals surface area contributed by atoms with Crippen molar-refractivity contribution in [2.45, 2.75) is 38.5 Å². The van der Waals surface area contributed by atoms with Gasteiger partial charge in [0.2, 0.25) is 5.91 Å². The van der Waals surface area contributed by atoms with Crippen LogP contribution in [0.1, 0.15) is 48.0 Å². The molecule has 0 bridgehead atoms. The number of halogens is 1. The molecule has 2 heterocycles. The second-order valence-electron chi connectivity index (χ2n) is 8.75. The summed E-state index contributed by atoms with van der Waals surface area (Å²) >= 11 is 0. The van der Waals surface area contributed by atoms with E-state index in [0.29, 0.717) is 42.5 Å². The number of amides is 2. The SMILES string of the molecule is O=C(Cc1ccccc1F)N1CCC(COc2ccccc2C(=O)N2CCCCC2)CC1. The Morgan fingerprint density at radius 1 is 0.875 bits per heavy atom. The standard InChI is InChI=1S/C26H31FN2O3/c27-23-10-4-2-8-21(23)18-25(30)28-16-12-20(13-17-28)19-32-24-11-5-3-9-22(24)26(31)29-14-6-1-7-15-29/h2-5,8-11,20H,1,6-7,12-19H2. The number of likely N-dealkylation sites (tertiary alicyclic amines) is 2. The number of carbonyl (C=O) groups is 2. The van der Waals surface area contributed by atoms with Crippen LogP contribution in [-0.4, -0.2) is 54.4 Å². The van der Waals surface area contributed by atoms with Crippen LogP contribution in [0.2, 0.25) is 0 Å². The molecule has 2 aliphatic heterocycles. The number of nitrogens with zero attached hydrogens (tertiary/aromatic N) is 2. The summed E-state index contributed by atoms with van der Waals surface area (Å²) in [5, 5.41) is 0. The van der Waals surface area contributed by atoms with Crippen molar-refractivity contribution in [3.63, 3.8) is 0 Å². The summed E-state index contributed by atoms with van der Waals surface area (Å²) in [5.74, 6) is 0.648. The highest BCUT2D eigenvalue weighted by Gasteiger charge is 2.25. The maximum absolute atomic E-state index is 13.8. The van der Waals surface area contributed by atoms with Gasteiger partial charge in [-0.2, -0.15) is 0 Å². The number of rotatable bonds is 6. The largest absolute Gasteiger partial charge is 0.492 e. The number of piperidine rings is 2. The van der Waals surface area contributed by atoms with E-state index in [9.17, 15) is 14.0 Å². The van der Waals surface area contributed by atoms with Gasteiger partial charge in [0.15, 0.2) is 0 Å². The van der Waals surface area contributed by atoms with Gasteiger partial charge in [-0.25, -0.2) is 4.39 Å². The highest BCUT2D eigenvalue weighted by atomic mass is 19.1. The molecule has 0 radical (unpaired) electrons. The first kappa shape index (κ1) is 22.3. The maximum Gasteiger partial charge on any atom is 0.257 e. The average molecular weight is 439 g/mol. The van der Waals surface area contributed by atoms with Crippen LogP contribution in [0.5, 0.6) is 5.75 Å². The van der Waals surface area contributed by atoms with Gasteiger partial charge in [-0.3, -0.25) is 9.59 Å². The van der Waals surface area contributed by atoms with E-state index in [4.69, 9.17) is 4.74 Å². The predicted molar refractivity (Wildman–Crippen MR) is 121 cm³/mol. The molecule has 0 N–H and O–H groups in total. The fourth-order valence-corrected chi connectivity index (χ4v) is 4.51. The van der Waals surface area contributed by atoms with Gasteiger partial charge in [-0.1, -0.05) is 30.3 Å². The Kier molecular flexibility index (Phi) is 7.40. The predicted octanol–water partition coefficient (Wildman–Crippen LogP) is 4.31. The summed E-state index contributed by atoms with van der Waals surface area (Å²) < 4.78 is 19.9. The second-order valence-corrected chi connectivity index (χ2v) is 8.75. The van der Waals surface area contributed by atoms with Crippen molar-refractivity contribution in [3.8, 4) is 5.75 Å². The molecular weight excluding hydrogens is 407 g/mol. The minimum Gasteiger partial charge on any atom is -0.492 e. The highest BCUT2D eigenvalue weighted by Crippen LogP contribution is 2.25. The Balaban J connectivity index is 1.28. The van der Waals surface area contributed by atoms with E-state index in [1.807, 2.05) is 34.1 Å². The minimum absolute atomic E-state index is 0.0352.